The molecule has 0 amide bonds. The van der Waals surface area contributed by atoms with Gasteiger partial charge in [0.15, 0.2) is 5.03 Å². The van der Waals surface area contributed by atoms with E-state index < -0.39 is 5.03 Å². The first kappa shape index (κ1) is 14.3. The second kappa shape index (κ2) is 8.37. The highest BCUT2D eigenvalue weighted by molar-refractivity contribution is 7.03. The topological polar surface area (TPSA) is 104 Å². The van der Waals surface area contributed by atoms with Crippen LogP contribution in [0.1, 0.15) is 5.69 Å². The Morgan fingerprint density at radius 3 is 3.00 bits per heavy atom. The molecule has 0 bridgehead atoms. The van der Waals surface area contributed by atoms with Crippen molar-refractivity contribution in [3.8, 4) is 0 Å². The lowest BCUT2D eigenvalue weighted by atomic mass is 10.3. The maximum atomic E-state index is 10.2. The Morgan fingerprint density at radius 2 is 2.39 bits per heavy atom. The number of rotatable bonds is 7. The van der Waals surface area contributed by atoms with E-state index in [4.69, 9.17) is 0 Å². The van der Waals surface area contributed by atoms with Crippen LogP contribution in [0.2, 0.25) is 0 Å². The van der Waals surface area contributed by atoms with E-state index in [-0.39, 0.29) is 5.96 Å². The van der Waals surface area contributed by atoms with Crippen molar-refractivity contribution >= 4 is 17.5 Å². The third-order valence-electron chi connectivity index (χ3n) is 2.06. The van der Waals surface area contributed by atoms with E-state index in [1.165, 1.54) is 18.6 Å². The van der Waals surface area contributed by atoms with Gasteiger partial charge in [-0.05, 0) is 17.6 Å². The molecule has 0 atom stereocenters. The molecule has 0 spiro atoms. The summed E-state index contributed by atoms with van der Waals surface area (Å²) < 4.78 is 4.19. The second-order valence-corrected chi connectivity index (χ2v) is 4.02. The molecule has 3 N–H and O–H groups in total. The quantitative estimate of drug-likeness (QED) is 0.206. The molecule has 0 aliphatic carbocycles. The van der Waals surface area contributed by atoms with Gasteiger partial charge in [0.05, 0.1) is 5.69 Å². The number of hydrazine groups is 1. The van der Waals surface area contributed by atoms with Crippen molar-refractivity contribution < 1.29 is 5.03 Å². The molecule has 18 heavy (non-hydrogen) atoms. The van der Waals surface area contributed by atoms with Crippen LogP contribution in [-0.2, 0) is 6.42 Å². The molecule has 1 rings (SSSR count). The van der Waals surface area contributed by atoms with Crippen LogP contribution in [0.3, 0.4) is 0 Å². The van der Waals surface area contributed by atoms with Gasteiger partial charge in [0.25, 0.3) is 5.96 Å². The number of aliphatic imine (C=N–C) groups is 1. The molecule has 0 aromatic carbocycles. The van der Waals surface area contributed by atoms with Crippen molar-refractivity contribution in [2.24, 2.45) is 4.99 Å². The minimum atomic E-state index is -0.648. The number of nitro groups is 1. The van der Waals surface area contributed by atoms with Gasteiger partial charge < -0.3 is 10.6 Å². The molecule has 9 heteroatoms. The van der Waals surface area contributed by atoms with Gasteiger partial charge in [-0.3, -0.25) is 4.99 Å². The smallest absolute Gasteiger partial charge is 0.254 e. The Morgan fingerprint density at radius 1 is 1.56 bits per heavy atom. The molecule has 0 radical (unpaired) electrons. The number of nitrogens with zero attached hydrogens (tertiary/aromatic N) is 3. The number of hydrogen-bond donors (Lipinski definition) is 3. The van der Waals surface area contributed by atoms with E-state index in [1.54, 1.807) is 0 Å². The first-order valence-electron chi connectivity index (χ1n) is 5.44. The van der Waals surface area contributed by atoms with Gasteiger partial charge in [-0.1, -0.05) is 5.43 Å². The van der Waals surface area contributed by atoms with Crippen LogP contribution in [0, 0.1) is 10.1 Å². The fourth-order valence-corrected chi connectivity index (χ4v) is 1.80. The van der Waals surface area contributed by atoms with Crippen LogP contribution in [0.5, 0.6) is 0 Å². The van der Waals surface area contributed by atoms with E-state index in [9.17, 15) is 10.1 Å². The molecule has 8 nitrogen and oxygen atoms in total. The first-order valence-corrected chi connectivity index (χ1v) is 6.27. The van der Waals surface area contributed by atoms with Crippen molar-refractivity contribution in [1.82, 2.24) is 20.4 Å². The maximum Gasteiger partial charge on any atom is 0.254 e. The summed E-state index contributed by atoms with van der Waals surface area (Å²) in [4.78, 5) is 13.9. The molecule has 0 aliphatic rings. The number of guanidine groups is 1. The van der Waals surface area contributed by atoms with Gasteiger partial charge in [0.1, 0.15) is 0 Å². The lowest BCUT2D eigenvalue weighted by Crippen LogP contribution is -2.43. The minimum Gasteiger partial charge on any atom is -0.351 e. The standard InChI is InChI=1S/C9H16N6O2S/c1-10-9(13-15(16)17)12-6-5-11-4-2-8-3-7-18-14-8/h3,7,11H,2,4-6H2,1H3,(H2,10,12,13). The lowest BCUT2D eigenvalue weighted by molar-refractivity contribution is -0.525. The van der Waals surface area contributed by atoms with E-state index in [0.717, 1.165) is 18.7 Å². The van der Waals surface area contributed by atoms with Gasteiger partial charge in [0.2, 0.25) is 0 Å². The fourth-order valence-electron chi connectivity index (χ4n) is 1.23. The number of nitrogens with one attached hydrogen (secondary N) is 3. The minimum absolute atomic E-state index is 0.154. The summed E-state index contributed by atoms with van der Waals surface area (Å²) in [6, 6.07) is 1.99. The Balaban J connectivity index is 2.02. The van der Waals surface area contributed by atoms with Crippen molar-refractivity contribution in [3.63, 3.8) is 0 Å². The summed E-state index contributed by atoms with van der Waals surface area (Å²) in [6.07, 6.45) is 0.880. The zero-order chi connectivity index (χ0) is 13.2. The summed E-state index contributed by atoms with van der Waals surface area (Å²) >= 11 is 1.44. The Hall–Kier alpha value is -1.74. The van der Waals surface area contributed by atoms with E-state index in [0.29, 0.717) is 13.1 Å². The van der Waals surface area contributed by atoms with Crippen LogP contribution in [0.4, 0.5) is 0 Å². The molecule has 0 unspecified atom stereocenters. The molecule has 100 valence electrons. The van der Waals surface area contributed by atoms with Crippen molar-refractivity contribution in [3.05, 3.63) is 27.3 Å². The zero-order valence-corrected chi connectivity index (χ0v) is 10.9. The number of hydrogen-bond acceptors (Lipinski definition) is 6. The normalized spacial score (nSPS) is 11.3. The van der Waals surface area contributed by atoms with Crippen LogP contribution in [0.15, 0.2) is 16.4 Å². The van der Waals surface area contributed by atoms with Crippen LogP contribution >= 0.6 is 11.5 Å². The summed E-state index contributed by atoms with van der Waals surface area (Å²) in [5, 5.41) is 17.5. The van der Waals surface area contributed by atoms with Gasteiger partial charge >= 0.3 is 0 Å². The molecular formula is C9H16N6O2S. The highest BCUT2D eigenvalue weighted by Gasteiger charge is 2.02. The first-order chi connectivity index (χ1) is 8.72. The van der Waals surface area contributed by atoms with E-state index in [1.807, 2.05) is 16.9 Å². The van der Waals surface area contributed by atoms with Gasteiger partial charge in [-0.25, -0.2) is 10.1 Å². The summed E-state index contributed by atoms with van der Waals surface area (Å²) in [5.74, 6) is 0.154. The van der Waals surface area contributed by atoms with Crippen LogP contribution in [0.25, 0.3) is 0 Å². The predicted octanol–water partition coefficient (Wildman–Crippen LogP) is -0.368. The Kier molecular flexibility index (Phi) is 6.66. The SMILES string of the molecule is CN=C(NCCNCCc1ccsn1)N[N+](=O)[O-]. The summed E-state index contributed by atoms with van der Waals surface area (Å²) in [6.45, 7) is 2.08. The molecule has 1 heterocycles. The average Bonchev–Trinajstić information content (AvgIpc) is 2.84. The monoisotopic (exact) mass is 272 g/mol. The highest BCUT2D eigenvalue weighted by Crippen LogP contribution is 1.98. The molecule has 0 fully saturated rings. The van der Waals surface area contributed by atoms with Crippen LogP contribution in [-0.4, -0.2) is 42.0 Å². The van der Waals surface area contributed by atoms with Crippen molar-refractivity contribution in [2.45, 2.75) is 6.42 Å². The molecular weight excluding hydrogens is 256 g/mol. The van der Waals surface area contributed by atoms with Gasteiger partial charge in [0, 0.05) is 38.5 Å². The summed E-state index contributed by atoms with van der Waals surface area (Å²) in [5.41, 5.74) is 3.04. The third-order valence-corrected chi connectivity index (χ3v) is 2.66. The molecule has 1 aromatic heterocycles. The molecule has 1 aromatic rings. The van der Waals surface area contributed by atoms with Gasteiger partial charge in [-0.2, -0.15) is 4.37 Å². The Labute approximate surface area is 109 Å². The maximum absolute atomic E-state index is 10.2. The van der Waals surface area contributed by atoms with E-state index in [2.05, 4.69) is 20.0 Å². The number of aromatic nitrogens is 1. The third kappa shape index (κ3) is 6.11. The summed E-state index contributed by atoms with van der Waals surface area (Å²) in [7, 11) is 1.48. The molecule has 0 saturated carbocycles. The average molecular weight is 272 g/mol. The van der Waals surface area contributed by atoms with Gasteiger partial charge in [-0.15, -0.1) is 0 Å². The molecule has 0 aliphatic heterocycles. The highest BCUT2D eigenvalue weighted by atomic mass is 32.1. The largest absolute Gasteiger partial charge is 0.351 e. The zero-order valence-electron chi connectivity index (χ0n) is 10.0. The van der Waals surface area contributed by atoms with Crippen molar-refractivity contribution in [1.29, 1.82) is 0 Å². The Bertz CT molecular complexity index is 380. The fraction of sp³-hybridized carbons (Fsp3) is 0.556. The van der Waals surface area contributed by atoms with Crippen molar-refractivity contribution in [2.75, 3.05) is 26.7 Å². The molecule has 0 saturated heterocycles. The van der Waals surface area contributed by atoms with E-state index >= 15 is 0 Å². The van der Waals surface area contributed by atoms with Crippen LogP contribution < -0.4 is 16.1 Å². The lowest BCUT2D eigenvalue weighted by Gasteiger charge is -2.07. The predicted molar refractivity (Wildman–Crippen MR) is 70.2 cm³/mol. The second-order valence-electron chi connectivity index (χ2n) is 3.36.